The van der Waals surface area contributed by atoms with E-state index in [0.29, 0.717) is 12.8 Å². The quantitative estimate of drug-likeness (QED) is 0.499. The Balaban J connectivity index is -0.000000180. The van der Waals surface area contributed by atoms with Gasteiger partial charge in [-0.1, -0.05) is 39.5 Å². The molecule has 0 bridgehead atoms. The van der Waals surface area contributed by atoms with Crippen LogP contribution in [-0.2, 0) is 21.7 Å². The van der Waals surface area contributed by atoms with Crippen molar-refractivity contribution in [3.8, 4) is 0 Å². The van der Waals surface area contributed by atoms with Crippen LogP contribution in [0.5, 0.6) is 0 Å². The molecule has 0 amide bonds. The van der Waals surface area contributed by atoms with Crippen LogP contribution >= 0.6 is 0 Å². The van der Waals surface area contributed by atoms with Crippen LogP contribution < -0.4 is 20.4 Å². The van der Waals surface area contributed by atoms with Gasteiger partial charge in [0.15, 0.2) is 0 Å². The van der Waals surface area contributed by atoms with E-state index in [4.69, 9.17) is 0 Å². The van der Waals surface area contributed by atoms with Gasteiger partial charge in [0.05, 0.1) is 0 Å². The Morgan fingerprint density at radius 3 is 1.13 bits per heavy atom. The molecule has 0 aliphatic carbocycles. The van der Waals surface area contributed by atoms with Gasteiger partial charge in [-0.25, -0.2) is 0 Å². The van der Waals surface area contributed by atoms with Crippen molar-refractivity contribution in [1.29, 1.82) is 0 Å². The zero-order valence-electron chi connectivity index (χ0n) is 9.53. The van der Waals surface area contributed by atoms with E-state index in [1.165, 1.54) is 0 Å². The zero-order chi connectivity index (χ0) is 11.4. The van der Waals surface area contributed by atoms with Gasteiger partial charge in [-0.3, -0.25) is 0 Å². The van der Waals surface area contributed by atoms with Gasteiger partial charge in [0, 0.05) is 0 Å². The summed E-state index contributed by atoms with van der Waals surface area (Å²) >= 11 is 0. The van der Waals surface area contributed by atoms with Crippen LogP contribution in [0.25, 0.3) is 0 Å². The Morgan fingerprint density at radius 1 is 0.800 bits per heavy atom. The number of hydrogen-bond donors (Lipinski definition) is 0. The maximum Gasteiger partial charge on any atom is 4.00 e. The summed E-state index contributed by atoms with van der Waals surface area (Å²) in [5, 5.41) is 40.0. The van der Waals surface area contributed by atoms with Gasteiger partial charge in [-0.05, 0) is 0 Å². The molecule has 2 atom stereocenters. The minimum atomic E-state index is -0.613. The van der Waals surface area contributed by atoms with E-state index >= 15 is 0 Å². The van der Waals surface area contributed by atoms with Gasteiger partial charge in [-0.2, -0.15) is 0 Å². The molecular weight excluding hydrogens is 232 g/mol. The van der Waals surface area contributed by atoms with Gasteiger partial charge < -0.3 is 20.4 Å². The summed E-state index contributed by atoms with van der Waals surface area (Å²) in [6, 6.07) is 0. The summed E-state index contributed by atoms with van der Waals surface area (Å²) in [6.45, 7) is 3.16. The van der Waals surface area contributed by atoms with Crippen LogP contribution in [0.4, 0.5) is 0 Å². The topological polar surface area (TPSA) is 92.2 Å². The molecule has 0 aromatic rings. The Kier molecular flexibility index (Phi) is 23.6. The SMILES string of the molecule is CCC([O-])CC[O-].CCC([O-])CC[O-].[Ti+4]. The fourth-order valence-electron chi connectivity index (χ4n) is 0.671. The molecule has 0 saturated carbocycles. The molecule has 0 aromatic heterocycles. The molecule has 0 rings (SSSR count). The Bertz CT molecular complexity index is 91.4. The van der Waals surface area contributed by atoms with Crippen LogP contribution in [0.3, 0.4) is 0 Å². The van der Waals surface area contributed by atoms with Gasteiger partial charge in [0.25, 0.3) is 0 Å². The maximum atomic E-state index is 10.3. The van der Waals surface area contributed by atoms with E-state index in [2.05, 4.69) is 0 Å². The van der Waals surface area contributed by atoms with Crippen molar-refractivity contribution in [2.75, 3.05) is 13.2 Å². The monoisotopic (exact) mass is 252 g/mol. The molecule has 0 heterocycles. The molecular formula is C10H20O4Ti. The van der Waals surface area contributed by atoms with Crippen molar-refractivity contribution in [2.24, 2.45) is 0 Å². The normalized spacial score (nSPS) is 13.2. The summed E-state index contributed by atoms with van der Waals surface area (Å²) in [7, 11) is 0. The van der Waals surface area contributed by atoms with Crippen LogP contribution in [-0.4, -0.2) is 25.4 Å². The van der Waals surface area contributed by atoms with E-state index in [-0.39, 0.29) is 47.8 Å². The fraction of sp³-hybridized carbons (Fsp3) is 1.00. The average molecular weight is 252 g/mol. The third-order valence-corrected chi connectivity index (χ3v) is 1.79. The van der Waals surface area contributed by atoms with Crippen LogP contribution in [0.2, 0.25) is 0 Å². The van der Waals surface area contributed by atoms with Crippen molar-refractivity contribution < 1.29 is 42.1 Å². The Labute approximate surface area is 107 Å². The van der Waals surface area contributed by atoms with Crippen molar-refractivity contribution in [1.82, 2.24) is 0 Å². The molecule has 0 fully saturated rings. The molecule has 0 aromatic carbocycles. The van der Waals surface area contributed by atoms with Crippen molar-refractivity contribution in [3.63, 3.8) is 0 Å². The third kappa shape index (κ3) is 20.6. The number of rotatable bonds is 6. The van der Waals surface area contributed by atoms with E-state index in [1.807, 2.05) is 0 Å². The van der Waals surface area contributed by atoms with Crippen molar-refractivity contribution in [3.05, 3.63) is 0 Å². The standard InChI is InChI=1S/2C5H10O2.Ti/c2*1-2-5(7)3-4-6;/h2*5H,2-4H2,1H3;/q2*-2;+4. The molecule has 0 spiro atoms. The van der Waals surface area contributed by atoms with Crippen LogP contribution in [0.1, 0.15) is 39.5 Å². The van der Waals surface area contributed by atoms with E-state index in [0.717, 1.165) is 0 Å². The zero-order valence-corrected chi connectivity index (χ0v) is 11.1. The second-order valence-electron chi connectivity index (χ2n) is 3.05. The summed E-state index contributed by atoms with van der Waals surface area (Å²) < 4.78 is 0. The molecule has 0 aliphatic heterocycles. The second-order valence-corrected chi connectivity index (χ2v) is 3.05. The molecule has 0 aliphatic rings. The minimum Gasteiger partial charge on any atom is -0.854 e. The molecule has 88 valence electrons. The molecule has 5 heteroatoms. The first kappa shape index (κ1) is 20.9. The van der Waals surface area contributed by atoms with Crippen LogP contribution in [0, 0.1) is 0 Å². The molecule has 2 unspecified atom stereocenters. The summed E-state index contributed by atoms with van der Waals surface area (Å²) in [5.74, 6) is 0. The molecule has 0 saturated heterocycles. The first-order chi connectivity index (χ1) is 6.62. The number of hydrogen-bond acceptors (Lipinski definition) is 4. The van der Waals surface area contributed by atoms with E-state index in [1.54, 1.807) is 13.8 Å². The van der Waals surface area contributed by atoms with Gasteiger partial charge in [-0.15, -0.1) is 25.4 Å². The molecule has 0 N–H and O–H groups in total. The third-order valence-electron chi connectivity index (χ3n) is 1.79. The van der Waals surface area contributed by atoms with Crippen LogP contribution in [0.15, 0.2) is 0 Å². The summed E-state index contributed by atoms with van der Waals surface area (Å²) in [4.78, 5) is 0. The van der Waals surface area contributed by atoms with Gasteiger partial charge in [0.1, 0.15) is 0 Å². The summed E-state index contributed by atoms with van der Waals surface area (Å²) in [5.41, 5.74) is 0. The Hall–Kier alpha value is 0.554. The molecule has 15 heavy (non-hydrogen) atoms. The second kappa shape index (κ2) is 17.0. The first-order valence-corrected chi connectivity index (χ1v) is 5.10. The summed E-state index contributed by atoms with van der Waals surface area (Å²) in [6.07, 6.45) is 0.521. The predicted octanol–water partition coefficient (Wildman–Crippen LogP) is -2.25. The molecule has 4 nitrogen and oxygen atoms in total. The van der Waals surface area contributed by atoms with Crippen molar-refractivity contribution >= 4 is 0 Å². The predicted molar refractivity (Wildman–Crippen MR) is 47.1 cm³/mol. The fourth-order valence-corrected chi connectivity index (χ4v) is 0.671. The van der Waals surface area contributed by atoms with E-state index in [9.17, 15) is 20.4 Å². The minimum absolute atomic E-state index is 0. The average Bonchev–Trinajstić information content (AvgIpc) is 2.19. The van der Waals surface area contributed by atoms with E-state index < -0.39 is 12.2 Å². The smallest absolute Gasteiger partial charge is 0.854 e. The molecule has 0 radical (unpaired) electrons. The first-order valence-electron chi connectivity index (χ1n) is 5.10. The Morgan fingerprint density at radius 2 is 1.07 bits per heavy atom. The van der Waals surface area contributed by atoms with Gasteiger partial charge >= 0.3 is 21.7 Å². The van der Waals surface area contributed by atoms with Gasteiger partial charge in [0.2, 0.25) is 0 Å². The van der Waals surface area contributed by atoms with Crippen molar-refractivity contribution in [2.45, 2.75) is 51.7 Å². The maximum absolute atomic E-state index is 10.3. The largest absolute Gasteiger partial charge is 4.00 e.